The van der Waals surface area contributed by atoms with Crippen LogP contribution in [0.15, 0.2) is 73.3 Å². The minimum atomic E-state index is 0.538. The number of aryl methyl sites for hydroxylation is 3. The highest BCUT2D eigenvalue weighted by Crippen LogP contribution is 2.23. The Morgan fingerprint density at radius 3 is 1.82 bits per heavy atom. The fraction of sp³-hybridized carbons (Fsp3) is 0.314. The largest absolute Gasteiger partial charge is 0.364 e. The predicted molar refractivity (Wildman–Crippen MR) is 184 cm³/mol. The molecule has 6 heterocycles. The summed E-state index contributed by atoms with van der Waals surface area (Å²) in [5, 5.41) is 4.12. The van der Waals surface area contributed by atoms with E-state index in [2.05, 4.69) is 29.6 Å². The van der Waals surface area contributed by atoms with Crippen LogP contribution in [0.4, 0.5) is 17.3 Å². The quantitative estimate of drug-likeness (QED) is 0.165. The molecule has 0 saturated carbocycles. The maximum Gasteiger partial charge on any atom is 0.257 e. The average molecular weight is 592 g/mol. The Hall–Kier alpha value is -5.46. The highest BCUT2D eigenvalue weighted by molar-refractivity contribution is 5.70. The molecule has 0 bridgehead atoms. The standard InChI is InChI=1S/C10H8N2.C9H7N3.C8H6N4.4C2H6/c1-8-7-9-5-3-4-6-12(9)10(8)11-2;1-7-9(10-2)12-6-4-3-5-8(12)11-7;1-6-7(9-2)8-10-4-3-5-12(8)11-6;4*1-2/h3-7H,1H3;3-6H,1H3;3-5H,1H3;4*1-2H3. The average Bonchev–Trinajstić information content (AvgIpc) is 3.72. The third-order valence-corrected chi connectivity index (χ3v) is 5.37. The lowest BCUT2D eigenvalue weighted by Crippen LogP contribution is -1.86. The van der Waals surface area contributed by atoms with Crippen molar-refractivity contribution in [3.05, 3.63) is 125 Å². The van der Waals surface area contributed by atoms with Gasteiger partial charge in [0.1, 0.15) is 5.52 Å². The summed E-state index contributed by atoms with van der Waals surface area (Å²) in [7, 11) is 0. The van der Waals surface area contributed by atoms with Crippen LogP contribution in [0.5, 0.6) is 0 Å². The summed E-state index contributed by atoms with van der Waals surface area (Å²) < 4.78 is 5.31. The molecular weight excluding hydrogens is 546 g/mol. The fourth-order valence-corrected chi connectivity index (χ4v) is 3.74. The number of pyridine rings is 2. The molecule has 0 atom stereocenters. The van der Waals surface area contributed by atoms with Gasteiger partial charge in [-0.05, 0) is 56.7 Å². The van der Waals surface area contributed by atoms with Gasteiger partial charge in [0.2, 0.25) is 11.5 Å². The first kappa shape index (κ1) is 38.5. The van der Waals surface area contributed by atoms with Crippen LogP contribution in [-0.4, -0.2) is 28.4 Å². The molecule has 0 amide bonds. The van der Waals surface area contributed by atoms with Gasteiger partial charge in [-0.25, -0.2) is 23.7 Å². The zero-order chi connectivity index (χ0) is 33.7. The van der Waals surface area contributed by atoms with Crippen LogP contribution in [0.1, 0.15) is 72.3 Å². The van der Waals surface area contributed by atoms with Crippen molar-refractivity contribution in [2.45, 2.75) is 76.2 Å². The molecule has 9 nitrogen and oxygen atoms in total. The van der Waals surface area contributed by atoms with Crippen LogP contribution in [-0.2, 0) is 0 Å². The molecule has 0 unspecified atom stereocenters. The van der Waals surface area contributed by atoms with E-state index in [9.17, 15) is 0 Å². The summed E-state index contributed by atoms with van der Waals surface area (Å²) in [6, 6.07) is 15.4. The second-order valence-corrected chi connectivity index (χ2v) is 7.75. The molecular formula is C35H45N9. The van der Waals surface area contributed by atoms with Crippen LogP contribution in [0.25, 0.3) is 31.3 Å². The van der Waals surface area contributed by atoms with Gasteiger partial charge >= 0.3 is 0 Å². The minimum Gasteiger partial charge on any atom is -0.364 e. The van der Waals surface area contributed by atoms with Crippen molar-refractivity contribution < 1.29 is 0 Å². The van der Waals surface area contributed by atoms with Gasteiger partial charge in [-0.15, -0.1) is 0 Å². The lowest BCUT2D eigenvalue weighted by Gasteiger charge is -1.91. The lowest BCUT2D eigenvalue weighted by molar-refractivity contribution is 0.917. The van der Waals surface area contributed by atoms with Gasteiger partial charge in [0, 0.05) is 18.5 Å². The zero-order valence-electron chi connectivity index (χ0n) is 28.0. The van der Waals surface area contributed by atoms with Gasteiger partial charge in [0.25, 0.3) is 11.5 Å². The van der Waals surface area contributed by atoms with E-state index < -0.39 is 0 Å². The number of aromatic nitrogens is 6. The van der Waals surface area contributed by atoms with E-state index in [1.165, 1.54) is 0 Å². The zero-order valence-corrected chi connectivity index (χ0v) is 28.0. The Balaban J connectivity index is 0.000000565. The number of imidazole rings is 1. The molecule has 6 aromatic heterocycles. The van der Waals surface area contributed by atoms with Crippen molar-refractivity contribution in [1.82, 2.24) is 28.4 Å². The molecule has 0 aliphatic carbocycles. The minimum absolute atomic E-state index is 0.538. The van der Waals surface area contributed by atoms with Gasteiger partial charge in [-0.3, -0.25) is 4.40 Å². The molecule has 6 aromatic rings. The predicted octanol–water partition coefficient (Wildman–Crippen LogP) is 10.7. The number of fused-ring (bicyclic) bond motifs is 3. The van der Waals surface area contributed by atoms with E-state index in [-0.39, 0.29) is 0 Å². The second-order valence-electron chi connectivity index (χ2n) is 7.75. The third kappa shape index (κ3) is 9.54. The van der Waals surface area contributed by atoms with E-state index in [1.807, 2.05) is 135 Å². The van der Waals surface area contributed by atoms with Crippen LogP contribution >= 0.6 is 0 Å². The van der Waals surface area contributed by atoms with Crippen molar-refractivity contribution in [2.24, 2.45) is 0 Å². The van der Waals surface area contributed by atoms with Crippen molar-refractivity contribution in [3.8, 4) is 0 Å². The fourth-order valence-electron chi connectivity index (χ4n) is 3.74. The van der Waals surface area contributed by atoms with Crippen LogP contribution in [0.2, 0.25) is 0 Å². The third-order valence-electron chi connectivity index (χ3n) is 5.37. The maximum atomic E-state index is 6.99. The molecule has 0 aromatic carbocycles. The Labute approximate surface area is 262 Å². The summed E-state index contributed by atoms with van der Waals surface area (Å²) >= 11 is 0. The van der Waals surface area contributed by atoms with Crippen LogP contribution in [0.3, 0.4) is 0 Å². The smallest absolute Gasteiger partial charge is 0.257 e. The molecule has 0 aliphatic rings. The Bertz CT molecular complexity index is 1600. The van der Waals surface area contributed by atoms with Gasteiger partial charge in [-0.1, -0.05) is 80.7 Å². The first-order valence-corrected chi connectivity index (χ1v) is 14.9. The van der Waals surface area contributed by atoms with E-state index in [1.54, 1.807) is 27.4 Å². The summed E-state index contributed by atoms with van der Waals surface area (Å²) in [4.78, 5) is 18.5. The van der Waals surface area contributed by atoms with Crippen molar-refractivity contribution in [2.75, 3.05) is 0 Å². The van der Waals surface area contributed by atoms with Crippen molar-refractivity contribution >= 4 is 34.1 Å². The lowest BCUT2D eigenvalue weighted by atomic mass is 10.3. The summed E-state index contributed by atoms with van der Waals surface area (Å²) in [6.45, 7) is 42.5. The number of hydrogen-bond donors (Lipinski definition) is 0. The first-order chi connectivity index (χ1) is 21.5. The van der Waals surface area contributed by atoms with E-state index in [0.717, 1.165) is 28.1 Å². The first-order valence-electron chi connectivity index (χ1n) is 14.9. The van der Waals surface area contributed by atoms with Gasteiger partial charge in [0.15, 0.2) is 5.65 Å². The summed E-state index contributed by atoms with van der Waals surface area (Å²) in [5.41, 5.74) is 5.64. The topological polar surface area (TPSA) is 65.0 Å². The van der Waals surface area contributed by atoms with Gasteiger partial charge in [0.05, 0.1) is 30.4 Å². The SMILES string of the molecule is CC.CC.CC.CC.[C-]#[N+]c1c(C)cc2ccccn12.[C-]#[N+]c1c(C)nc2ccccn12.[C-]#[N+]c1c(C)nn2cccnc12. The molecule has 0 fully saturated rings. The van der Waals surface area contributed by atoms with Gasteiger partial charge in [-0.2, -0.15) is 5.10 Å². The molecule has 9 heteroatoms. The van der Waals surface area contributed by atoms with Gasteiger partial charge < -0.3 is 9.69 Å². The molecule has 230 valence electrons. The van der Waals surface area contributed by atoms with E-state index in [0.29, 0.717) is 23.0 Å². The number of rotatable bonds is 0. The summed E-state index contributed by atoms with van der Waals surface area (Å²) in [6.07, 6.45) is 7.20. The van der Waals surface area contributed by atoms with Crippen molar-refractivity contribution in [3.63, 3.8) is 0 Å². The van der Waals surface area contributed by atoms with Crippen LogP contribution in [0, 0.1) is 40.5 Å². The molecule has 0 aliphatic heterocycles. The summed E-state index contributed by atoms with van der Waals surface area (Å²) in [5.74, 6) is 1.32. The molecule has 0 spiro atoms. The van der Waals surface area contributed by atoms with Crippen molar-refractivity contribution in [1.29, 1.82) is 0 Å². The van der Waals surface area contributed by atoms with Crippen LogP contribution < -0.4 is 0 Å². The highest BCUT2D eigenvalue weighted by atomic mass is 15.3. The molecule has 6 rings (SSSR count). The molecule has 0 saturated heterocycles. The normalized spacial score (nSPS) is 8.73. The second kappa shape index (κ2) is 21.3. The van der Waals surface area contributed by atoms with E-state index >= 15 is 0 Å². The molecule has 0 N–H and O–H groups in total. The Morgan fingerprint density at radius 1 is 0.636 bits per heavy atom. The Kier molecular flexibility index (Phi) is 18.6. The monoisotopic (exact) mass is 591 g/mol. The molecule has 0 radical (unpaired) electrons. The van der Waals surface area contributed by atoms with E-state index in [4.69, 9.17) is 19.7 Å². The molecule has 44 heavy (non-hydrogen) atoms. The number of hydrogen-bond acceptors (Lipinski definition) is 3. The number of nitrogens with zero attached hydrogens (tertiary/aromatic N) is 9. The maximum absolute atomic E-state index is 6.99. The Morgan fingerprint density at radius 2 is 1.23 bits per heavy atom. The highest BCUT2D eigenvalue weighted by Gasteiger charge is 2.09.